The van der Waals surface area contributed by atoms with Crippen LogP contribution in [-0.2, 0) is 11.2 Å². The van der Waals surface area contributed by atoms with Gasteiger partial charge in [-0.15, -0.1) is 0 Å². The second kappa shape index (κ2) is 8.33. The lowest BCUT2D eigenvalue weighted by atomic mass is 9.84. The highest BCUT2D eigenvalue weighted by Gasteiger charge is 2.36. The molecule has 0 bridgehead atoms. The van der Waals surface area contributed by atoms with E-state index in [9.17, 15) is 4.79 Å². The van der Waals surface area contributed by atoms with Gasteiger partial charge in [0.25, 0.3) is 0 Å². The van der Waals surface area contributed by atoms with Gasteiger partial charge in [0, 0.05) is 31.3 Å². The van der Waals surface area contributed by atoms with Crippen molar-refractivity contribution in [3.8, 4) is 5.75 Å². The van der Waals surface area contributed by atoms with Gasteiger partial charge in [0.05, 0.1) is 6.04 Å². The number of likely N-dealkylation sites (tertiary alicyclic amines) is 1. The Balaban J connectivity index is 1.63. The molecule has 0 spiro atoms. The summed E-state index contributed by atoms with van der Waals surface area (Å²) in [5.41, 5.74) is 9.65. The molecule has 5 nitrogen and oxygen atoms in total. The van der Waals surface area contributed by atoms with E-state index in [0.717, 1.165) is 50.2 Å². The van der Waals surface area contributed by atoms with Gasteiger partial charge in [0.15, 0.2) is 0 Å². The zero-order valence-electron chi connectivity index (χ0n) is 16.4. The molecule has 1 aliphatic carbocycles. The molecule has 0 radical (unpaired) electrons. The Hall–Kier alpha value is -2.37. The van der Waals surface area contributed by atoms with Crippen LogP contribution in [0.1, 0.15) is 43.4 Å². The highest BCUT2D eigenvalue weighted by molar-refractivity contribution is 5.88. The normalized spacial score (nSPS) is 25.0. The topological polar surface area (TPSA) is 67.6 Å². The van der Waals surface area contributed by atoms with Gasteiger partial charge in [-0.25, -0.2) is 0 Å². The minimum Gasteiger partial charge on any atom is -0.484 e. The van der Waals surface area contributed by atoms with Crippen molar-refractivity contribution in [2.45, 2.75) is 50.8 Å². The first-order chi connectivity index (χ1) is 13.6. The number of nitrogens with one attached hydrogen (secondary N) is 1. The SMILES string of the molecule is CC(=O)Nc1cccc(O[C@H]2c3ccccc3CC[C@@H]2N2CCC[C@@H](N)C2)c1. The molecule has 0 aromatic heterocycles. The van der Waals surface area contributed by atoms with Crippen LogP contribution in [-0.4, -0.2) is 36.0 Å². The van der Waals surface area contributed by atoms with E-state index in [1.165, 1.54) is 18.1 Å². The predicted molar refractivity (Wildman–Crippen MR) is 111 cm³/mol. The fourth-order valence-corrected chi connectivity index (χ4v) is 4.56. The highest BCUT2D eigenvalue weighted by atomic mass is 16.5. The lowest BCUT2D eigenvalue weighted by molar-refractivity contribution is -0.114. The standard InChI is InChI=1S/C23H29N3O2/c1-16(27)25-19-8-4-9-20(14-19)28-23-21-10-3-2-6-17(21)11-12-22(23)26-13-5-7-18(24)15-26/h2-4,6,8-10,14,18,22-23H,5,7,11-13,15,24H2,1H3,(H,25,27)/t18-,22+,23+/m1/s1. The van der Waals surface area contributed by atoms with E-state index in [0.29, 0.717) is 6.04 Å². The number of carbonyl (C=O) groups is 1. The zero-order chi connectivity index (χ0) is 19.5. The van der Waals surface area contributed by atoms with Gasteiger partial charge >= 0.3 is 0 Å². The molecule has 3 atom stereocenters. The number of ether oxygens (including phenoxy) is 1. The van der Waals surface area contributed by atoms with E-state index in [-0.39, 0.29) is 18.1 Å². The fraction of sp³-hybridized carbons (Fsp3) is 0.435. The van der Waals surface area contributed by atoms with E-state index >= 15 is 0 Å². The Bertz CT molecular complexity index is 838. The fourth-order valence-electron chi connectivity index (χ4n) is 4.56. The number of anilines is 1. The minimum atomic E-state index is -0.0830. The largest absolute Gasteiger partial charge is 0.484 e. The van der Waals surface area contributed by atoms with Crippen LogP contribution >= 0.6 is 0 Å². The molecule has 1 amide bonds. The summed E-state index contributed by atoms with van der Waals surface area (Å²) in [5.74, 6) is 0.694. The zero-order valence-corrected chi connectivity index (χ0v) is 16.4. The van der Waals surface area contributed by atoms with Crippen molar-refractivity contribution in [2.24, 2.45) is 5.73 Å². The van der Waals surface area contributed by atoms with Crippen molar-refractivity contribution in [1.82, 2.24) is 4.90 Å². The molecule has 0 unspecified atom stereocenters. The molecule has 2 aromatic rings. The molecule has 0 saturated carbocycles. The van der Waals surface area contributed by atoms with Gasteiger partial charge < -0.3 is 15.8 Å². The predicted octanol–water partition coefficient (Wildman–Crippen LogP) is 3.50. The summed E-state index contributed by atoms with van der Waals surface area (Å²) in [5, 5.41) is 2.84. The first kappa shape index (κ1) is 19.0. The van der Waals surface area contributed by atoms with Crippen LogP contribution in [0.2, 0.25) is 0 Å². The van der Waals surface area contributed by atoms with Crippen LogP contribution in [0.25, 0.3) is 0 Å². The van der Waals surface area contributed by atoms with Crippen molar-refractivity contribution < 1.29 is 9.53 Å². The molecule has 3 N–H and O–H groups in total. The first-order valence-corrected chi connectivity index (χ1v) is 10.2. The Labute approximate surface area is 166 Å². The summed E-state index contributed by atoms with van der Waals surface area (Å²) >= 11 is 0. The Morgan fingerprint density at radius 2 is 2.04 bits per heavy atom. The number of benzene rings is 2. The molecule has 1 fully saturated rings. The third-order valence-corrected chi connectivity index (χ3v) is 5.80. The molecule has 1 saturated heterocycles. The number of nitrogens with zero attached hydrogens (tertiary/aromatic N) is 1. The highest BCUT2D eigenvalue weighted by Crippen LogP contribution is 2.37. The van der Waals surface area contributed by atoms with Crippen molar-refractivity contribution in [3.05, 3.63) is 59.7 Å². The average molecular weight is 380 g/mol. The number of aryl methyl sites for hydroxylation is 1. The van der Waals surface area contributed by atoms with Crippen molar-refractivity contribution in [3.63, 3.8) is 0 Å². The maximum absolute atomic E-state index is 11.4. The maximum atomic E-state index is 11.4. The van der Waals surface area contributed by atoms with Gasteiger partial charge in [0.2, 0.25) is 5.91 Å². The van der Waals surface area contributed by atoms with Crippen LogP contribution in [0.15, 0.2) is 48.5 Å². The molecule has 5 heteroatoms. The summed E-state index contributed by atoms with van der Waals surface area (Å²) < 4.78 is 6.57. The Morgan fingerprint density at radius 3 is 2.86 bits per heavy atom. The summed E-state index contributed by atoms with van der Waals surface area (Å²) in [6.07, 6.45) is 4.34. The number of amides is 1. The second-order valence-electron chi connectivity index (χ2n) is 7.95. The lowest BCUT2D eigenvalue weighted by Crippen LogP contribution is -2.51. The second-order valence-corrected chi connectivity index (χ2v) is 7.95. The molecule has 1 aliphatic heterocycles. The van der Waals surface area contributed by atoms with Crippen LogP contribution in [0.4, 0.5) is 5.69 Å². The maximum Gasteiger partial charge on any atom is 0.221 e. The van der Waals surface area contributed by atoms with Crippen LogP contribution in [0.3, 0.4) is 0 Å². The van der Waals surface area contributed by atoms with E-state index < -0.39 is 0 Å². The Morgan fingerprint density at radius 1 is 1.18 bits per heavy atom. The van der Waals surface area contributed by atoms with Crippen molar-refractivity contribution >= 4 is 11.6 Å². The summed E-state index contributed by atoms with van der Waals surface area (Å²) in [6.45, 7) is 3.52. The minimum absolute atomic E-state index is 0.0390. The summed E-state index contributed by atoms with van der Waals surface area (Å²) in [6, 6.07) is 16.8. The van der Waals surface area contributed by atoms with E-state index in [2.05, 4.69) is 34.5 Å². The third-order valence-electron chi connectivity index (χ3n) is 5.80. The molecule has 2 aliphatic rings. The molecule has 1 heterocycles. The summed E-state index contributed by atoms with van der Waals surface area (Å²) in [4.78, 5) is 13.9. The van der Waals surface area contributed by atoms with Crippen LogP contribution in [0.5, 0.6) is 5.75 Å². The quantitative estimate of drug-likeness (QED) is 0.853. The summed E-state index contributed by atoms with van der Waals surface area (Å²) in [7, 11) is 0. The van der Waals surface area contributed by atoms with Crippen molar-refractivity contribution in [2.75, 3.05) is 18.4 Å². The van der Waals surface area contributed by atoms with Gasteiger partial charge in [-0.3, -0.25) is 9.69 Å². The number of carbonyl (C=O) groups excluding carboxylic acids is 1. The van der Waals surface area contributed by atoms with Gasteiger partial charge in [0.1, 0.15) is 11.9 Å². The molecule has 2 aromatic carbocycles. The van der Waals surface area contributed by atoms with Gasteiger partial charge in [-0.2, -0.15) is 0 Å². The number of fused-ring (bicyclic) bond motifs is 1. The average Bonchev–Trinajstić information content (AvgIpc) is 2.68. The molecule has 28 heavy (non-hydrogen) atoms. The number of hydrogen-bond donors (Lipinski definition) is 2. The number of nitrogens with two attached hydrogens (primary N) is 1. The van der Waals surface area contributed by atoms with Crippen molar-refractivity contribution in [1.29, 1.82) is 0 Å². The third kappa shape index (κ3) is 4.21. The Kier molecular flexibility index (Phi) is 5.64. The van der Waals surface area contributed by atoms with Gasteiger partial charge in [-0.1, -0.05) is 30.3 Å². The van der Waals surface area contributed by atoms with E-state index in [4.69, 9.17) is 10.5 Å². The number of rotatable bonds is 4. The van der Waals surface area contributed by atoms with E-state index in [1.54, 1.807) is 0 Å². The smallest absolute Gasteiger partial charge is 0.221 e. The lowest BCUT2D eigenvalue weighted by Gasteiger charge is -2.43. The number of hydrogen-bond acceptors (Lipinski definition) is 4. The molecule has 4 rings (SSSR count). The number of piperidine rings is 1. The van der Waals surface area contributed by atoms with Crippen LogP contribution in [0, 0.1) is 0 Å². The van der Waals surface area contributed by atoms with Crippen LogP contribution < -0.4 is 15.8 Å². The first-order valence-electron chi connectivity index (χ1n) is 10.2. The monoisotopic (exact) mass is 379 g/mol. The molecular formula is C23H29N3O2. The molecule has 148 valence electrons. The van der Waals surface area contributed by atoms with Gasteiger partial charge in [-0.05, 0) is 55.5 Å². The molecular weight excluding hydrogens is 350 g/mol. The van der Waals surface area contributed by atoms with E-state index in [1.807, 2.05) is 24.3 Å².